The average molecular weight is 143 g/mol. The van der Waals surface area contributed by atoms with E-state index in [2.05, 4.69) is 5.32 Å². The summed E-state index contributed by atoms with van der Waals surface area (Å²) in [5.74, 6) is 0. The van der Waals surface area contributed by atoms with Crippen LogP contribution < -0.4 is 5.32 Å². The number of piperidine rings is 1. The van der Waals surface area contributed by atoms with Gasteiger partial charge in [0.15, 0.2) is 0 Å². The van der Waals surface area contributed by atoms with E-state index >= 15 is 0 Å². The van der Waals surface area contributed by atoms with Gasteiger partial charge in [0.2, 0.25) is 0 Å². The Morgan fingerprint density at radius 2 is 1.90 bits per heavy atom. The first kappa shape index (κ1) is 6.59. The first-order chi connectivity index (χ1) is 4.83. The van der Waals surface area contributed by atoms with Crippen molar-refractivity contribution in [1.29, 1.82) is 0 Å². The van der Waals surface area contributed by atoms with E-state index in [9.17, 15) is 4.39 Å². The monoisotopic (exact) mass is 143 g/mol. The van der Waals surface area contributed by atoms with Crippen molar-refractivity contribution >= 4 is 0 Å². The van der Waals surface area contributed by atoms with Crippen LogP contribution in [0, 0.1) is 5.41 Å². The summed E-state index contributed by atoms with van der Waals surface area (Å²) in [5.41, 5.74) is 0.130. The molecule has 10 heavy (non-hydrogen) atoms. The Morgan fingerprint density at radius 3 is 2.20 bits per heavy atom. The smallest absolute Gasteiger partial charge is 0.106 e. The molecule has 1 aliphatic carbocycles. The van der Waals surface area contributed by atoms with Crippen LogP contribution in [0.3, 0.4) is 0 Å². The molecule has 1 nitrogen and oxygen atoms in total. The minimum absolute atomic E-state index is 0.130. The Balaban J connectivity index is 1.99. The van der Waals surface area contributed by atoms with Crippen LogP contribution in [-0.2, 0) is 0 Å². The van der Waals surface area contributed by atoms with Gasteiger partial charge in [-0.1, -0.05) is 0 Å². The molecule has 1 saturated heterocycles. The largest absolute Gasteiger partial charge is 0.317 e. The zero-order valence-electron chi connectivity index (χ0n) is 6.20. The van der Waals surface area contributed by atoms with Crippen molar-refractivity contribution in [1.82, 2.24) is 5.32 Å². The maximum Gasteiger partial charge on any atom is 0.106 e. The van der Waals surface area contributed by atoms with Crippen LogP contribution in [0.4, 0.5) is 4.39 Å². The van der Waals surface area contributed by atoms with Crippen molar-refractivity contribution in [2.75, 3.05) is 13.1 Å². The molecule has 0 aromatic heterocycles. The standard InChI is InChI=1S/C8H14FN/c9-7-1-2-8(7)3-5-10-6-4-8/h7,10H,1-6H2. The van der Waals surface area contributed by atoms with Gasteiger partial charge in [-0.05, 0) is 38.8 Å². The quantitative estimate of drug-likeness (QED) is 0.541. The van der Waals surface area contributed by atoms with Gasteiger partial charge in [-0.15, -0.1) is 0 Å². The first-order valence-electron chi connectivity index (χ1n) is 4.18. The zero-order chi connectivity index (χ0) is 7.03. The van der Waals surface area contributed by atoms with Crippen LogP contribution in [0.5, 0.6) is 0 Å². The van der Waals surface area contributed by atoms with Gasteiger partial charge in [-0.25, -0.2) is 4.39 Å². The fourth-order valence-corrected chi connectivity index (χ4v) is 2.15. The third-order valence-electron chi connectivity index (χ3n) is 3.16. The van der Waals surface area contributed by atoms with Gasteiger partial charge in [0, 0.05) is 5.41 Å². The highest BCUT2D eigenvalue weighted by Gasteiger charge is 2.47. The van der Waals surface area contributed by atoms with Crippen molar-refractivity contribution in [3.63, 3.8) is 0 Å². The fraction of sp³-hybridized carbons (Fsp3) is 1.00. The van der Waals surface area contributed by atoms with Gasteiger partial charge in [-0.3, -0.25) is 0 Å². The Kier molecular flexibility index (Phi) is 1.44. The van der Waals surface area contributed by atoms with E-state index in [1.165, 1.54) is 0 Å². The molecule has 1 atom stereocenters. The van der Waals surface area contributed by atoms with Crippen LogP contribution in [0.25, 0.3) is 0 Å². The molecule has 2 heteroatoms. The average Bonchev–Trinajstić information content (AvgIpc) is 2.04. The third-order valence-corrected chi connectivity index (χ3v) is 3.16. The predicted octanol–water partition coefficient (Wildman–Crippen LogP) is 1.49. The minimum Gasteiger partial charge on any atom is -0.317 e. The number of nitrogens with one attached hydrogen (secondary N) is 1. The zero-order valence-corrected chi connectivity index (χ0v) is 6.20. The van der Waals surface area contributed by atoms with E-state index < -0.39 is 6.17 Å². The van der Waals surface area contributed by atoms with Crippen LogP contribution >= 0.6 is 0 Å². The fourth-order valence-electron chi connectivity index (χ4n) is 2.15. The van der Waals surface area contributed by atoms with Crippen molar-refractivity contribution in [2.24, 2.45) is 5.41 Å². The molecule has 0 bridgehead atoms. The molecule has 2 rings (SSSR count). The van der Waals surface area contributed by atoms with Gasteiger partial charge >= 0.3 is 0 Å². The van der Waals surface area contributed by atoms with E-state index in [1.54, 1.807) is 0 Å². The molecule has 1 aliphatic heterocycles. The molecule has 0 amide bonds. The lowest BCUT2D eigenvalue weighted by atomic mass is 9.62. The van der Waals surface area contributed by atoms with Gasteiger partial charge in [0.05, 0.1) is 0 Å². The normalized spacial score (nSPS) is 37.5. The molecule has 58 valence electrons. The molecular weight excluding hydrogens is 129 g/mol. The lowest BCUT2D eigenvalue weighted by Crippen LogP contribution is -2.49. The third kappa shape index (κ3) is 0.782. The number of alkyl halides is 1. The number of halogens is 1. The maximum absolute atomic E-state index is 13.0. The summed E-state index contributed by atoms with van der Waals surface area (Å²) in [7, 11) is 0. The minimum atomic E-state index is -0.477. The molecule has 2 aliphatic rings. The molecule has 1 spiro atoms. The van der Waals surface area contributed by atoms with Crippen LogP contribution in [0.15, 0.2) is 0 Å². The summed E-state index contributed by atoms with van der Waals surface area (Å²) in [4.78, 5) is 0. The summed E-state index contributed by atoms with van der Waals surface area (Å²) in [6.45, 7) is 2.06. The second kappa shape index (κ2) is 2.19. The summed E-state index contributed by atoms with van der Waals surface area (Å²) in [6, 6.07) is 0. The maximum atomic E-state index is 13.0. The Hall–Kier alpha value is -0.110. The summed E-state index contributed by atoms with van der Waals surface area (Å²) >= 11 is 0. The van der Waals surface area contributed by atoms with Crippen molar-refractivity contribution in [3.05, 3.63) is 0 Å². The molecule has 2 fully saturated rings. The lowest BCUT2D eigenvalue weighted by molar-refractivity contribution is -0.0278. The van der Waals surface area contributed by atoms with Crippen LogP contribution in [-0.4, -0.2) is 19.3 Å². The van der Waals surface area contributed by atoms with Crippen LogP contribution in [0.1, 0.15) is 25.7 Å². The SMILES string of the molecule is FC1CCC12CCNCC2. The number of hydrogen-bond donors (Lipinski definition) is 1. The summed E-state index contributed by atoms with van der Waals surface area (Å²) in [6.07, 6.45) is 3.60. The van der Waals surface area contributed by atoms with E-state index in [0.717, 1.165) is 38.8 Å². The highest BCUT2D eigenvalue weighted by molar-refractivity contribution is 4.98. The molecule has 0 aromatic carbocycles. The van der Waals surface area contributed by atoms with Crippen molar-refractivity contribution < 1.29 is 4.39 Å². The second-order valence-electron chi connectivity index (χ2n) is 3.62. The van der Waals surface area contributed by atoms with Gasteiger partial charge in [-0.2, -0.15) is 0 Å². The van der Waals surface area contributed by atoms with E-state index in [1.807, 2.05) is 0 Å². The van der Waals surface area contributed by atoms with E-state index in [0.29, 0.717) is 0 Å². The second-order valence-corrected chi connectivity index (χ2v) is 3.62. The van der Waals surface area contributed by atoms with Gasteiger partial charge < -0.3 is 5.32 Å². The van der Waals surface area contributed by atoms with Crippen molar-refractivity contribution in [3.8, 4) is 0 Å². The molecule has 0 aromatic rings. The Morgan fingerprint density at radius 1 is 1.20 bits per heavy atom. The van der Waals surface area contributed by atoms with Gasteiger partial charge in [0.1, 0.15) is 6.17 Å². The van der Waals surface area contributed by atoms with Crippen molar-refractivity contribution in [2.45, 2.75) is 31.9 Å². The summed E-state index contributed by atoms with van der Waals surface area (Å²) in [5, 5.41) is 3.26. The van der Waals surface area contributed by atoms with Gasteiger partial charge in [0.25, 0.3) is 0 Å². The Bertz CT molecular complexity index is 129. The Labute approximate surface area is 61.0 Å². The highest BCUT2D eigenvalue weighted by Crippen LogP contribution is 2.49. The van der Waals surface area contributed by atoms with E-state index in [4.69, 9.17) is 0 Å². The topological polar surface area (TPSA) is 12.0 Å². The predicted molar refractivity (Wildman–Crippen MR) is 38.7 cm³/mol. The lowest BCUT2D eigenvalue weighted by Gasteiger charge is -2.48. The molecule has 1 N–H and O–H groups in total. The molecule has 1 heterocycles. The highest BCUT2D eigenvalue weighted by atomic mass is 19.1. The molecule has 1 saturated carbocycles. The number of rotatable bonds is 0. The molecular formula is C8H14FN. The summed E-state index contributed by atoms with van der Waals surface area (Å²) < 4.78 is 13.0. The van der Waals surface area contributed by atoms with Crippen LogP contribution in [0.2, 0.25) is 0 Å². The number of hydrogen-bond acceptors (Lipinski definition) is 1. The first-order valence-corrected chi connectivity index (χ1v) is 4.18. The molecule has 1 unspecified atom stereocenters. The molecule has 0 radical (unpaired) electrons. The van der Waals surface area contributed by atoms with E-state index in [-0.39, 0.29) is 5.41 Å².